The summed E-state index contributed by atoms with van der Waals surface area (Å²) in [5.41, 5.74) is 2.40. The Morgan fingerprint density at radius 2 is 1.90 bits per heavy atom. The van der Waals surface area contributed by atoms with Gasteiger partial charge in [0.2, 0.25) is 0 Å². The summed E-state index contributed by atoms with van der Waals surface area (Å²) in [6.45, 7) is 6.49. The summed E-state index contributed by atoms with van der Waals surface area (Å²) in [6.07, 6.45) is 0. The molecule has 4 rings (SSSR count). The quantitative estimate of drug-likeness (QED) is 0.542. The highest BCUT2D eigenvalue weighted by Crippen LogP contribution is 2.32. The van der Waals surface area contributed by atoms with Crippen LogP contribution in [-0.4, -0.2) is 53.8 Å². The minimum atomic E-state index is -0.296. The van der Waals surface area contributed by atoms with E-state index in [1.165, 1.54) is 0 Å². The molecular formula is C23H25N3O3S2. The van der Waals surface area contributed by atoms with E-state index in [9.17, 15) is 9.59 Å². The van der Waals surface area contributed by atoms with Crippen molar-refractivity contribution in [1.29, 1.82) is 0 Å². The highest BCUT2D eigenvalue weighted by Gasteiger charge is 2.23. The fourth-order valence-electron chi connectivity index (χ4n) is 3.28. The molecule has 6 nitrogen and oxygen atoms in total. The van der Waals surface area contributed by atoms with Crippen LogP contribution < -0.4 is 5.32 Å². The van der Waals surface area contributed by atoms with Crippen molar-refractivity contribution in [2.24, 2.45) is 5.92 Å². The first-order chi connectivity index (χ1) is 15.0. The van der Waals surface area contributed by atoms with Gasteiger partial charge in [-0.15, -0.1) is 11.3 Å². The van der Waals surface area contributed by atoms with Gasteiger partial charge < -0.3 is 15.0 Å². The van der Waals surface area contributed by atoms with E-state index in [1.807, 2.05) is 18.2 Å². The summed E-state index contributed by atoms with van der Waals surface area (Å²) in [5.74, 6) is 1.19. The second-order valence-electron chi connectivity index (χ2n) is 7.77. The lowest BCUT2D eigenvalue weighted by Gasteiger charge is -2.27. The molecule has 0 aliphatic carbocycles. The van der Waals surface area contributed by atoms with Gasteiger partial charge in [0.05, 0.1) is 34.6 Å². The third kappa shape index (κ3) is 5.26. The first kappa shape index (κ1) is 21.8. The number of hydrogen-bond acceptors (Lipinski definition) is 6. The second kappa shape index (κ2) is 9.80. The molecule has 1 aromatic heterocycles. The average Bonchev–Trinajstić information content (AvgIpc) is 3.20. The molecule has 2 amide bonds. The molecule has 2 heterocycles. The molecule has 1 aliphatic rings. The standard InChI is InChI=1S/C23H25N3O3S2/c1-15(2)14-30-23-25-19-8-7-16(13-20(19)31-23)24-21(27)17-5-3-4-6-18(17)22(28)26-9-11-29-12-10-26/h3-8,13,15H,9-12,14H2,1-2H3,(H,24,27). The Labute approximate surface area is 190 Å². The predicted octanol–water partition coefficient (Wildman–Crippen LogP) is 4.77. The molecule has 0 bridgehead atoms. The number of thioether (sulfide) groups is 1. The van der Waals surface area contributed by atoms with E-state index in [0.29, 0.717) is 49.0 Å². The van der Waals surface area contributed by atoms with Crippen molar-refractivity contribution in [1.82, 2.24) is 9.88 Å². The van der Waals surface area contributed by atoms with Crippen molar-refractivity contribution in [3.63, 3.8) is 0 Å². The molecule has 1 N–H and O–H groups in total. The van der Waals surface area contributed by atoms with E-state index < -0.39 is 0 Å². The van der Waals surface area contributed by atoms with Crippen LogP contribution in [0.25, 0.3) is 10.2 Å². The van der Waals surface area contributed by atoms with Crippen molar-refractivity contribution in [3.8, 4) is 0 Å². The molecule has 0 saturated carbocycles. The summed E-state index contributed by atoms with van der Waals surface area (Å²) in [7, 11) is 0. The van der Waals surface area contributed by atoms with Crippen molar-refractivity contribution >= 4 is 50.8 Å². The van der Waals surface area contributed by atoms with E-state index in [2.05, 4.69) is 24.1 Å². The summed E-state index contributed by atoms with van der Waals surface area (Å²) < 4.78 is 7.39. The smallest absolute Gasteiger partial charge is 0.256 e. The van der Waals surface area contributed by atoms with Crippen LogP contribution in [0.5, 0.6) is 0 Å². The van der Waals surface area contributed by atoms with E-state index in [1.54, 1.807) is 52.3 Å². The molecule has 162 valence electrons. The van der Waals surface area contributed by atoms with Gasteiger partial charge in [0.15, 0.2) is 4.34 Å². The van der Waals surface area contributed by atoms with Gasteiger partial charge in [-0.2, -0.15) is 0 Å². The number of nitrogens with zero attached hydrogens (tertiary/aromatic N) is 2. The number of ether oxygens (including phenoxy) is 1. The first-order valence-electron chi connectivity index (χ1n) is 10.3. The Morgan fingerprint density at radius 3 is 2.65 bits per heavy atom. The Hall–Kier alpha value is -2.42. The van der Waals surface area contributed by atoms with Gasteiger partial charge in [0, 0.05) is 24.5 Å². The molecule has 3 aromatic rings. The fourth-order valence-corrected chi connectivity index (χ4v) is 5.37. The van der Waals surface area contributed by atoms with Gasteiger partial charge in [-0.1, -0.05) is 37.7 Å². The minimum Gasteiger partial charge on any atom is -0.378 e. The van der Waals surface area contributed by atoms with Crippen molar-refractivity contribution in [2.75, 3.05) is 37.4 Å². The topological polar surface area (TPSA) is 71.5 Å². The maximum Gasteiger partial charge on any atom is 0.256 e. The number of hydrogen-bond donors (Lipinski definition) is 1. The number of nitrogens with one attached hydrogen (secondary N) is 1. The molecule has 0 spiro atoms. The van der Waals surface area contributed by atoms with Crippen LogP contribution in [-0.2, 0) is 4.74 Å². The number of thiazole rings is 1. The first-order valence-corrected chi connectivity index (χ1v) is 12.1. The third-order valence-corrected chi connectivity index (χ3v) is 7.46. The van der Waals surface area contributed by atoms with Gasteiger partial charge in [-0.05, 0) is 36.2 Å². The number of fused-ring (bicyclic) bond motifs is 1. The molecule has 31 heavy (non-hydrogen) atoms. The number of amides is 2. The number of rotatable bonds is 6. The monoisotopic (exact) mass is 455 g/mol. The Bertz CT molecular complexity index is 1090. The predicted molar refractivity (Wildman–Crippen MR) is 126 cm³/mol. The highest BCUT2D eigenvalue weighted by molar-refractivity contribution is 8.01. The summed E-state index contributed by atoms with van der Waals surface area (Å²) in [5, 5.41) is 2.95. The number of morpholine rings is 1. The number of aromatic nitrogens is 1. The molecule has 0 unspecified atom stereocenters. The number of anilines is 1. The summed E-state index contributed by atoms with van der Waals surface area (Å²) >= 11 is 3.39. The lowest BCUT2D eigenvalue weighted by molar-refractivity contribution is 0.0302. The molecule has 2 aromatic carbocycles. The molecule has 0 atom stereocenters. The number of carbonyl (C=O) groups is 2. The normalized spacial score (nSPS) is 14.2. The van der Waals surface area contributed by atoms with Gasteiger partial charge in [-0.3, -0.25) is 9.59 Å². The Morgan fingerprint density at radius 1 is 1.16 bits per heavy atom. The van der Waals surface area contributed by atoms with Crippen LogP contribution in [0.15, 0.2) is 46.8 Å². The average molecular weight is 456 g/mol. The van der Waals surface area contributed by atoms with E-state index >= 15 is 0 Å². The molecule has 0 radical (unpaired) electrons. The third-order valence-electron chi connectivity index (χ3n) is 4.87. The highest BCUT2D eigenvalue weighted by atomic mass is 32.2. The summed E-state index contributed by atoms with van der Waals surface area (Å²) in [4.78, 5) is 32.4. The minimum absolute atomic E-state index is 0.140. The van der Waals surface area contributed by atoms with E-state index in [0.717, 1.165) is 20.3 Å². The van der Waals surface area contributed by atoms with Crippen molar-refractivity contribution in [3.05, 3.63) is 53.6 Å². The maximum absolute atomic E-state index is 13.0. The molecule has 1 saturated heterocycles. The van der Waals surface area contributed by atoms with Crippen LogP contribution in [0.4, 0.5) is 5.69 Å². The van der Waals surface area contributed by atoms with Gasteiger partial charge >= 0.3 is 0 Å². The molecular weight excluding hydrogens is 430 g/mol. The van der Waals surface area contributed by atoms with Crippen LogP contribution in [0.3, 0.4) is 0 Å². The van der Waals surface area contributed by atoms with Gasteiger partial charge in [-0.25, -0.2) is 4.98 Å². The second-order valence-corrected chi connectivity index (χ2v) is 10.1. The van der Waals surface area contributed by atoms with Crippen LogP contribution >= 0.6 is 23.1 Å². The zero-order chi connectivity index (χ0) is 21.8. The number of carbonyl (C=O) groups excluding carboxylic acids is 2. The van der Waals surface area contributed by atoms with Crippen molar-refractivity contribution < 1.29 is 14.3 Å². The fraction of sp³-hybridized carbons (Fsp3) is 0.348. The Balaban J connectivity index is 1.51. The van der Waals surface area contributed by atoms with E-state index in [-0.39, 0.29) is 11.8 Å². The number of benzene rings is 2. The van der Waals surface area contributed by atoms with Crippen LogP contribution in [0.2, 0.25) is 0 Å². The Kier molecular flexibility index (Phi) is 6.89. The zero-order valence-corrected chi connectivity index (χ0v) is 19.2. The van der Waals surface area contributed by atoms with Crippen LogP contribution in [0.1, 0.15) is 34.6 Å². The van der Waals surface area contributed by atoms with Gasteiger partial charge in [0.1, 0.15) is 0 Å². The van der Waals surface area contributed by atoms with E-state index in [4.69, 9.17) is 4.74 Å². The van der Waals surface area contributed by atoms with Crippen LogP contribution in [0, 0.1) is 5.92 Å². The maximum atomic E-state index is 13.0. The lowest BCUT2D eigenvalue weighted by atomic mass is 10.0. The molecule has 1 aliphatic heterocycles. The van der Waals surface area contributed by atoms with Crippen molar-refractivity contribution in [2.45, 2.75) is 18.2 Å². The molecule has 8 heteroatoms. The summed E-state index contributed by atoms with van der Waals surface area (Å²) in [6, 6.07) is 12.7. The largest absolute Gasteiger partial charge is 0.378 e. The zero-order valence-electron chi connectivity index (χ0n) is 17.6. The SMILES string of the molecule is CC(C)CSc1nc2ccc(NC(=O)c3ccccc3C(=O)N3CCOCC3)cc2s1. The lowest BCUT2D eigenvalue weighted by Crippen LogP contribution is -2.41. The van der Waals surface area contributed by atoms with Gasteiger partial charge in [0.25, 0.3) is 11.8 Å². The molecule has 1 fully saturated rings.